The third-order valence-electron chi connectivity index (χ3n) is 3.09. The summed E-state index contributed by atoms with van der Waals surface area (Å²) >= 11 is 0. The highest BCUT2D eigenvalue weighted by molar-refractivity contribution is 5.56. The second-order valence-corrected chi connectivity index (χ2v) is 5.56. The fraction of sp³-hybridized carbons (Fsp3) is 0.529. The second-order valence-electron chi connectivity index (χ2n) is 5.56. The molecule has 0 spiro atoms. The summed E-state index contributed by atoms with van der Waals surface area (Å²) in [5.41, 5.74) is 9.01. The number of ether oxygens (including phenoxy) is 1. The lowest BCUT2D eigenvalue weighted by Crippen LogP contribution is -2.43. The van der Waals surface area contributed by atoms with Gasteiger partial charge in [-0.05, 0) is 58.2 Å². The van der Waals surface area contributed by atoms with Crippen molar-refractivity contribution < 1.29 is 4.74 Å². The van der Waals surface area contributed by atoms with Crippen LogP contribution in [0.2, 0.25) is 0 Å². The van der Waals surface area contributed by atoms with E-state index in [4.69, 9.17) is 4.74 Å². The van der Waals surface area contributed by atoms with Crippen molar-refractivity contribution in [1.82, 2.24) is 5.43 Å². The fourth-order valence-corrected chi connectivity index (χ4v) is 1.98. The molecule has 0 saturated carbocycles. The Labute approximate surface area is 123 Å². The van der Waals surface area contributed by atoms with Crippen molar-refractivity contribution in [3.8, 4) is 0 Å². The minimum Gasteiger partial charge on any atom is -0.382 e. The van der Waals surface area contributed by atoms with Gasteiger partial charge in [-0.25, -0.2) is 5.43 Å². The standard InChI is InChI=1S/C17H28N2O/c1-5-9-15-10-7-11-16(14-15)18-19-17(3,4)12-8-13-20-6-2/h5,7,9-11,14,18-19H,6,8,12-13H2,1-4H3/b9-5-. The molecule has 0 amide bonds. The van der Waals surface area contributed by atoms with Crippen molar-refractivity contribution in [2.75, 3.05) is 18.6 Å². The number of allylic oxidation sites excluding steroid dienone is 1. The molecule has 0 atom stereocenters. The van der Waals surface area contributed by atoms with Gasteiger partial charge in [0, 0.05) is 24.4 Å². The van der Waals surface area contributed by atoms with Gasteiger partial charge in [-0.2, -0.15) is 0 Å². The van der Waals surface area contributed by atoms with Crippen molar-refractivity contribution >= 4 is 11.8 Å². The summed E-state index contributed by atoms with van der Waals surface area (Å²) in [5, 5.41) is 0. The molecule has 0 aliphatic carbocycles. The fourth-order valence-electron chi connectivity index (χ4n) is 1.98. The Hall–Kier alpha value is -1.32. The highest BCUT2D eigenvalue weighted by atomic mass is 16.5. The summed E-state index contributed by atoms with van der Waals surface area (Å²) in [6.07, 6.45) is 6.27. The van der Waals surface area contributed by atoms with E-state index in [0.29, 0.717) is 0 Å². The van der Waals surface area contributed by atoms with Crippen LogP contribution in [0, 0.1) is 0 Å². The van der Waals surface area contributed by atoms with Gasteiger partial charge < -0.3 is 10.2 Å². The molecule has 3 nitrogen and oxygen atoms in total. The molecule has 20 heavy (non-hydrogen) atoms. The summed E-state index contributed by atoms with van der Waals surface area (Å²) < 4.78 is 5.38. The number of hydrogen-bond acceptors (Lipinski definition) is 3. The van der Waals surface area contributed by atoms with E-state index < -0.39 is 0 Å². The van der Waals surface area contributed by atoms with Crippen LogP contribution in [0.3, 0.4) is 0 Å². The summed E-state index contributed by atoms with van der Waals surface area (Å²) in [5.74, 6) is 0. The Balaban J connectivity index is 2.42. The maximum atomic E-state index is 5.38. The van der Waals surface area contributed by atoms with E-state index in [1.54, 1.807) is 0 Å². The average molecular weight is 276 g/mol. The predicted octanol–water partition coefficient (Wildman–Crippen LogP) is 4.23. The number of benzene rings is 1. The van der Waals surface area contributed by atoms with E-state index >= 15 is 0 Å². The molecule has 0 aliphatic rings. The molecule has 0 bridgehead atoms. The molecule has 0 fully saturated rings. The van der Waals surface area contributed by atoms with Crippen molar-refractivity contribution in [1.29, 1.82) is 0 Å². The maximum absolute atomic E-state index is 5.38. The average Bonchev–Trinajstić information content (AvgIpc) is 2.43. The normalized spacial score (nSPS) is 12.0. The Morgan fingerprint density at radius 2 is 2.10 bits per heavy atom. The van der Waals surface area contributed by atoms with Crippen LogP contribution in [-0.2, 0) is 4.74 Å². The SMILES string of the molecule is C/C=C\c1cccc(NNC(C)(C)CCCOCC)c1. The molecule has 2 N–H and O–H groups in total. The molecule has 0 radical (unpaired) electrons. The zero-order valence-corrected chi connectivity index (χ0v) is 13.2. The van der Waals surface area contributed by atoms with E-state index in [0.717, 1.165) is 31.7 Å². The first-order valence-electron chi connectivity index (χ1n) is 7.41. The van der Waals surface area contributed by atoms with Gasteiger partial charge >= 0.3 is 0 Å². The summed E-state index contributed by atoms with van der Waals surface area (Å²) in [6, 6.07) is 8.35. The minimum atomic E-state index is 0.0354. The van der Waals surface area contributed by atoms with Crippen LogP contribution >= 0.6 is 0 Å². The largest absolute Gasteiger partial charge is 0.382 e. The third kappa shape index (κ3) is 6.73. The highest BCUT2D eigenvalue weighted by Crippen LogP contribution is 2.15. The summed E-state index contributed by atoms with van der Waals surface area (Å²) in [7, 11) is 0. The number of anilines is 1. The Morgan fingerprint density at radius 3 is 2.80 bits per heavy atom. The molecular formula is C17H28N2O. The van der Waals surface area contributed by atoms with Crippen molar-refractivity contribution in [2.45, 2.75) is 46.1 Å². The number of hydrazine groups is 1. The van der Waals surface area contributed by atoms with Gasteiger partial charge in [-0.3, -0.25) is 0 Å². The van der Waals surface area contributed by atoms with Gasteiger partial charge in [0.2, 0.25) is 0 Å². The lowest BCUT2D eigenvalue weighted by atomic mass is 10.00. The van der Waals surface area contributed by atoms with Crippen LogP contribution in [0.1, 0.15) is 46.1 Å². The molecule has 3 heteroatoms. The first kappa shape index (κ1) is 16.7. The van der Waals surface area contributed by atoms with Crippen LogP contribution in [0.15, 0.2) is 30.3 Å². The molecule has 1 rings (SSSR count). The molecule has 0 heterocycles. The van der Waals surface area contributed by atoms with E-state index in [-0.39, 0.29) is 5.54 Å². The Bertz CT molecular complexity index is 413. The molecular weight excluding hydrogens is 248 g/mol. The van der Waals surface area contributed by atoms with E-state index in [1.165, 1.54) is 5.56 Å². The van der Waals surface area contributed by atoms with Crippen LogP contribution in [0.25, 0.3) is 6.08 Å². The molecule has 0 unspecified atom stereocenters. The Morgan fingerprint density at radius 1 is 1.30 bits per heavy atom. The zero-order valence-electron chi connectivity index (χ0n) is 13.2. The number of hydrogen-bond donors (Lipinski definition) is 2. The molecule has 0 aromatic heterocycles. The van der Waals surface area contributed by atoms with Crippen molar-refractivity contribution in [3.63, 3.8) is 0 Å². The van der Waals surface area contributed by atoms with E-state index in [9.17, 15) is 0 Å². The van der Waals surface area contributed by atoms with Crippen LogP contribution in [-0.4, -0.2) is 18.8 Å². The van der Waals surface area contributed by atoms with E-state index in [1.807, 2.05) is 19.9 Å². The van der Waals surface area contributed by atoms with E-state index in [2.05, 4.69) is 55.0 Å². The summed E-state index contributed by atoms with van der Waals surface area (Å²) in [4.78, 5) is 0. The van der Waals surface area contributed by atoms with Gasteiger partial charge in [0.1, 0.15) is 0 Å². The van der Waals surface area contributed by atoms with Gasteiger partial charge in [-0.1, -0.05) is 24.3 Å². The first-order valence-corrected chi connectivity index (χ1v) is 7.41. The smallest absolute Gasteiger partial charge is 0.0493 e. The molecule has 0 aliphatic heterocycles. The molecule has 112 valence electrons. The van der Waals surface area contributed by atoms with Gasteiger partial charge in [0.05, 0.1) is 0 Å². The maximum Gasteiger partial charge on any atom is 0.0493 e. The van der Waals surface area contributed by atoms with Crippen LogP contribution < -0.4 is 10.9 Å². The zero-order chi connectivity index (χ0) is 14.8. The quantitative estimate of drug-likeness (QED) is 0.523. The predicted molar refractivity (Wildman–Crippen MR) is 87.7 cm³/mol. The molecule has 1 aromatic carbocycles. The van der Waals surface area contributed by atoms with Gasteiger partial charge in [-0.15, -0.1) is 0 Å². The second kappa shape index (κ2) is 8.77. The van der Waals surface area contributed by atoms with Crippen molar-refractivity contribution in [3.05, 3.63) is 35.9 Å². The van der Waals surface area contributed by atoms with Crippen molar-refractivity contribution in [2.24, 2.45) is 0 Å². The van der Waals surface area contributed by atoms with Crippen LogP contribution in [0.5, 0.6) is 0 Å². The van der Waals surface area contributed by atoms with Crippen LogP contribution in [0.4, 0.5) is 5.69 Å². The lowest BCUT2D eigenvalue weighted by Gasteiger charge is -2.27. The van der Waals surface area contributed by atoms with Gasteiger partial charge in [0.15, 0.2) is 0 Å². The topological polar surface area (TPSA) is 33.3 Å². The monoisotopic (exact) mass is 276 g/mol. The number of nitrogens with one attached hydrogen (secondary N) is 2. The minimum absolute atomic E-state index is 0.0354. The number of rotatable bonds is 9. The molecule has 1 aromatic rings. The third-order valence-corrected chi connectivity index (χ3v) is 3.09. The Kier molecular flexibility index (Phi) is 7.34. The lowest BCUT2D eigenvalue weighted by molar-refractivity contribution is 0.137. The van der Waals surface area contributed by atoms with Gasteiger partial charge in [0.25, 0.3) is 0 Å². The molecule has 0 saturated heterocycles. The highest BCUT2D eigenvalue weighted by Gasteiger charge is 2.16. The first-order chi connectivity index (χ1) is 9.57. The summed E-state index contributed by atoms with van der Waals surface area (Å²) in [6.45, 7) is 10.1.